The van der Waals surface area contributed by atoms with Gasteiger partial charge in [-0.3, -0.25) is 4.79 Å². The van der Waals surface area contributed by atoms with Gasteiger partial charge in [0.1, 0.15) is 0 Å². The van der Waals surface area contributed by atoms with Gasteiger partial charge < -0.3 is 10.9 Å². The lowest BCUT2D eigenvalue weighted by atomic mass is 9.87. The minimum absolute atomic E-state index is 0.0658. The lowest BCUT2D eigenvalue weighted by Crippen LogP contribution is -2.20. The zero-order valence-electron chi connectivity index (χ0n) is 10.7. The number of hydrogen-bond acceptors (Lipinski definition) is 6. The van der Waals surface area contributed by atoms with Crippen molar-refractivity contribution in [3.8, 4) is 0 Å². The Bertz CT molecular complexity index is 637. The Labute approximate surface area is 124 Å². The van der Waals surface area contributed by atoms with Crippen molar-refractivity contribution in [1.29, 1.82) is 0 Å². The van der Waals surface area contributed by atoms with E-state index in [0.29, 0.717) is 5.16 Å². The summed E-state index contributed by atoms with van der Waals surface area (Å²) in [4.78, 5) is 12.0. The topological polar surface area (TPSA) is 94.0 Å². The summed E-state index contributed by atoms with van der Waals surface area (Å²) in [5, 5.41) is 19.4. The number of aryl methyl sites for hydroxylation is 1. The number of thioether (sulfide) groups is 1. The van der Waals surface area contributed by atoms with Crippen LogP contribution in [0.15, 0.2) is 16.6 Å². The van der Waals surface area contributed by atoms with Crippen LogP contribution in [0.5, 0.6) is 0 Å². The third kappa shape index (κ3) is 2.40. The van der Waals surface area contributed by atoms with Gasteiger partial charge in [-0.2, -0.15) is 0 Å². The maximum atomic E-state index is 10.6. The highest BCUT2D eigenvalue weighted by Crippen LogP contribution is 2.38. The number of hydrogen-bond donors (Lipinski definition) is 2. The number of carboxylic acids is 1. The van der Waals surface area contributed by atoms with Crippen LogP contribution in [0.1, 0.15) is 35.0 Å². The molecule has 1 unspecified atom stereocenters. The summed E-state index contributed by atoms with van der Waals surface area (Å²) in [5.74, 6) is 5.96. The highest BCUT2D eigenvalue weighted by Gasteiger charge is 2.27. The number of carbonyl (C=O) groups is 1. The summed E-state index contributed by atoms with van der Waals surface area (Å²) in [6.45, 7) is 0. The van der Waals surface area contributed by atoms with Gasteiger partial charge in [0.05, 0.1) is 5.75 Å². The summed E-state index contributed by atoms with van der Waals surface area (Å²) < 4.78 is 1.44. The first kappa shape index (κ1) is 13.4. The van der Waals surface area contributed by atoms with Crippen molar-refractivity contribution in [2.45, 2.75) is 30.3 Å². The highest BCUT2D eigenvalue weighted by atomic mass is 32.2. The molecule has 0 amide bonds. The molecule has 0 fully saturated rings. The number of carboxylic acid groups (broad SMARTS) is 1. The zero-order chi connectivity index (χ0) is 14.1. The van der Waals surface area contributed by atoms with Crippen LogP contribution in [-0.4, -0.2) is 31.7 Å². The molecule has 0 spiro atoms. The summed E-state index contributed by atoms with van der Waals surface area (Å²) in [6.07, 6.45) is 3.23. The SMILES string of the molecule is Nn1c(SCC(=O)O)nnc1C1CCCc2sccc21. The number of fused-ring (bicyclic) bond motifs is 1. The largest absolute Gasteiger partial charge is 0.481 e. The normalized spacial score (nSPS) is 17.9. The van der Waals surface area contributed by atoms with Crippen molar-refractivity contribution >= 4 is 29.1 Å². The molecule has 20 heavy (non-hydrogen) atoms. The molecule has 0 bridgehead atoms. The monoisotopic (exact) mass is 310 g/mol. The summed E-state index contributed by atoms with van der Waals surface area (Å²) >= 11 is 2.86. The first-order valence-electron chi connectivity index (χ1n) is 6.28. The van der Waals surface area contributed by atoms with Crippen LogP contribution in [0.25, 0.3) is 0 Å². The molecule has 8 heteroatoms. The smallest absolute Gasteiger partial charge is 0.313 e. The van der Waals surface area contributed by atoms with Gasteiger partial charge in [-0.15, -0.1) is 21.5 Å². The first-order valence-corrected chi connectivity index (χ1v) is 8.14. The predicted molar refractivity (Wildman–Crippen MR) is 77.6 cm³/mol. The summed E-state index contributed by atoms with van der Waals surface area (Å²) in [7, 11) is 0. The fourth-order valence-electron chi connectivity index (χ4n) is 2.51. The standard InChI is InChI=1S/C12H14N4O2S2/c13-16-11(14-15-12(16)20-6-10(17)18)8-2-1-3-9-7(8)4-5-19-9/h4-5,8H,1-3,6,13H2,(H,17,18). The van der Waals surface area contributed by atoms with E-state index in [1.54, 1.807) is 11.3 Å². The zero-order valence-corrected chi connectivity index (χ0v) is 12.3. The molecule has 2 heterocycles. The third-order valence-corrected chi connectivity index (χ3v) is 5.30. The molecule has 3 rings (SSSR count). The van der Waals surface area contributed by atoms with E-state index in [9.17, 15) is 4.79 Å². The van der Waals surface area contributed by atoms with Crippen molar-refractivity contribution < 1.29 is 9.90 Å². The molecule has 0 aromatic carbocycles. The molecular formula is C12H14N4O2S2. The van der Waals surface area contributed by atoms with Crippen LogP contribution in [0.2, 0.25) is 0 Å². The van der Waals surface area contributed by atoms with Crippen LogP contribution < -0.4 is 5.84 Å². The van der Waals surface area contributed by atoms with E-state index in [4.69, 9.17) is 10.9 Å². The molecule has 2 aromatic rings. The van der Waals surface area contributed by atoms with Crippen LogP contribution in [-0.2, 0) is 11.2 Å². The number of aromatic nitrogens is 3. The van der Waals surface area contributed by atoms with E-state index in [2.05, 4.69) is 21.6 Å². The summed E-state index contributed by atoms with van der Waals surface area (Å²) in [5.41, 5.74) is 1.29. The fourth-order valence-corrected chi connectivity index (χ4v) is 4.08. The molecule has 1 aliphatic rings. The van der Waals surface area contributed by atoms with Crippen LogP contribution in [0.3, 0.4) is 0 Å². The van der Waals surface area contributed by atoms with Crippen molar-refractivity contribution in [2.24, 2.45) is 0 Å². The molecule has 2 aromatic heterocycles. The maximum absolute atomic E-state index is 10.6. The molecule has 6 nitrogen and oxygen atoms in total. The average molecular weight is 310 g/mol. The number of nitrogen functional groups attached to an aromatic ring is 1. The Morgan fingerprint density at radius 1 is 1.60 bits per heavy atom. The molecule has 1 atom stereocenters. The Balaban J connectivity index is 1.87. The first-order chi connectivity index (χ1) is 9.66. The van der Waals surface area contributed by atoms with Gasteiger partial charge in [-0.05, 0) is 36.3 Å². The number of nitrogens with zero attached hydrogens (tertiary/aromatic N) is 3. The fraction of sp³-hybridized carbons (Fsp3) is 0.417. The van der Waals surface area contributed by atoms with Gasteiger partial charge in [0.2, 0.25) is 5.16 Å². The number of thiophene rings is 1. The third-order valence-electron chi connectivity index (χ3n) is 3.38. The molecule has 3 N–H and O–H groups in total. The van der Waals surface area contributed by atoms with Gasteiger partial charge in [-0.1, -0.05) is 11.8 Å². The molecule has 0 aliphatic heterocycles. The van der Waals surface area contributed by atoms with Crippen LogP contribution >= 0.6 is 23.1 Å². The molecule has 1 aliphatic carbocycles. The van der Waals surface area contributed by atoms with E-state index in [1.165, 1.54) is 15.1 Å². The second-order valence-electron chi connectivity index (χ2n) is 4.64. The lowest BCUT2D eigenvalue weighted by Gasteiger charge is -2.21. The number of rotatable bonds is 4. The van der Waals surface area contributed by atoms with E-state index < -0.39 is 5.97 Å². The minimum atomic E-state index is -0.891. The van der Waals surface area contributed by atoms with Gasteiger partial charge >= 0.3 is 5.97 Å². The lowest BCUT2D eigenvalue weighted by molar-refractivity contribution is -0.133. The van der Waals surface area contributed by atoms with Crippen LogP contribution in [0, 0.1) is 0 Å². The van der Waals surface area contributed by atoms with E-state index in [-0.39, 0.29) is 11.7 Å². The van der Waals surface area contributed by atoms with Gasteiger partial charge in [-0.25, -0.2) is 4.68 Å². The van der Waals surface area contributed by atoms with Crippen molar-refractivity contribution in [3.63, 3.8) is 0 Å². The van der Waals surface area contributed by atoms with Gasteiger partial charge in [0.25, 0.3) is 0 Å². The molecule has 0 saturated heterocycles. The quantitative estimate of drug-likeness (QED) is 0.659. The van der Waals surface area contributed by atoms with Gasteiger partial charge in [0.15, 0.2) is 5.82 Å². The van der Waals surface area contributed by atoms with Crippen molar-refractivity contribution in [1.82, 2.24) is 14.9 Å². The maximum Gasteiger partial charge on any atom is 0.313 e. The van der Waals surface area contributed by atoms with E-state index in [0.717, 1.165) is 36.8 Å². The minimum Gasteiger partial charge on any atom is -0.481 e. The molecular weight excluding hydrogens is 296 g/mol. The van der Waals surface area contributed by atoms with E-state index in [1.807, 2.05) is 0 Å². The Kier molecular flexibility index (Phi) is 3.66. The number of aliphatic carboxylic acids is 1. The molecule has 0 saturated carbocycles. The average Bonchev–Trinajstić information content (AvgIpc) is 3.02. The molecule has 0 radical (unpaired) electrons. The number of nitrogens with two attached hydrogens (primary N) is 1. The van der Waals surface area contributed by atoms with Crippen molar-refractivity contribution in [2.75, 3.05) is 11.6 Å². The summed E-state index contributed by atoms with van der Waals surface area (Å²) in [6, 6.07) is 2.13. The highest BCUT2D eigenvalue weighted by molar-refractivity contribution is 7.99. The Hall–Kier alpha value is -1.54. The Morgan fingerprint density at radius 2 is 2.45 bits per heavy atom. The van der Waals surface area contributed by atoms with E-state index >= 15 is 0 Å². The van der Waals surface area contributed by atoms with Crippen molar-refractivity contribution in [3.05, 3.63) is 27.7 Å². The second kappa shape index (κ2) is 5.45. The predicted octanol–water partition coefficient (Wildman–Crippen LogP) is 1.70. The molecule has 106 valence electrons. The second-order valence-corrected chi connectivity index (χ2v) is 6.58. The Morgan fingerprint density at radius 3 is 3.25 bits per heavy atom. The van der Waals surface area contributed by atoms with Gasteiger partial charge in [0, 0.05) is 10.8 Å². The van der Waals surface area contributed by atoms with Crippen LogP contribution in [0.4, 0.5) is 0 Å².